The van der Waals surface area contributed by atoms with Crippen molar-refractivity contribution >= 4 is 21.9 Å². The van der Waals surface area contributed by atoms with Gasteiger partial charge in [-0.3, -0.25) is 0 Å². The van der Waals surface area contributed by atoms with E-state index in [1.54, 1.807) is 0 Å². The maximum absolute atomic E-state index is 2.56. The van der Waals surface area contributed by atoms with Gasteiger partial charge < -0.3 is 0 Å². The molecule has 0 nitrogen and oxygen atoms in total. The van der Waals surface area contributed by atoms with Crippen LogP contribution in [0.25, 0.3) is 33.0 Å². The molecule has 8 aromatic rings. The summed E-state index contributed by atoms with van der Waals surface area (Å²) in [6, 6.07) is 73.0. The minimum absolute atomic E-state index is 0.181. The fourth-order valence-corrected chi connectivity index (χ4v) is 10.1. The minimum Gasteiger partial charge on any atom is -0.0622 e. The Balaban J connectivity index is 1.28. The summed E-state index contributed by atoms with van der Waals surface area (Å²) in [5.41, 5.74) is 15.8. The predicted molar refractivity (Wildman–Crippen MR) is 210 cm³/mol. The van der Waals surface area contributed by atoms with Crippen LogP contribution in [0.1, 0.15) is 56.3 Å². The van der Waals surface area contributed by atoms with Crippen molar-refractivity contribution in [3.63, 3.8) is 0 Å². The first-order valence-electron chi connectivity index (χ1n) is 18.1. The van der Waals surface area contributed by atoms with Gasteiger partial charge in [-0.2, -0.15) is 0 Å². The highest BCUT2D eigenvalue weighted by molar-refractivity contribution is 6.00. The lowest BCUT2D eigenvalue weighted by molar-refractivity contribution is 0.765. The SMILES string of the molecule is c1ccc(C2=c3ccccc3=C(c3ccc4c(c3)C(c3ccccc3)(c3ccccc3)c3ccccc3-4)C3c4cccc5cccc(c45)C23)cc1. The van der Waals surface area contributed by atoms with Crippen molar-refractivity contribution in [2.75, 3.05) is 0 Å². The van der Waals surface area contributed by atoms with Gasteiger partial charge in [0.05, 0.1) is 5.41 Å². The van der Waals surface area contributed by atoms with Gasteiger partial charge in [0.25, 0.3) is 0 Å². The molecule has 51 heavy (non-hydrogen) atoms. The van der Waals surface area contributed by atoms with Crippen molar-refractivity contribution in [2.45, 2.75) is 17.3 Å². The van der Waals surface area contributed by atoms with Crippen LogP contribution < -0.4 is 10.4 Å². The van der Waals surface area contributed by atoms with Crippen LogP contribution in [0.15, 0.2) is 194 Å². The highest BCUT2D eigenvalue weighted by atomic mass is 14.5. The van der Waals surface area contributed by atoms with E-state index >= 15 is 0 Å². The molecule has 0 heterocycles. The quantitative estimate of drug-likeness (QED) is 0.179. The third-order valence-corrected chi connectivity index (χ3v) is 12.0. The van der Waals surface area contributed by atoms with E-state index in [2.05, 4.69) is 194 Å². The van der Waals surface area contributed by atoms with Gasteiger partial charge in [-0.1, -0.05) is 188 Å². The Morgan fingerprint density at radius 1 is 0.353 bits per heavy atom. The average Bonchev–Trinajstić information content (AvgIpc) is 3.69. The van der Waals surface area contributed by atoms with Gasteiger partial charge in [0.1, 0.15) is 0 Å². The molecule has 2 unspecified atom stereocenters. The second-order valence-corrected chi connectivity index (χ2v) is 14.3. The topological polar surface area (TPSA) is 0 Å². The Kier molecular flexibility index (Phi) is 6.10. The third kappa shape index (κ3) is 3.85. The third-order valence-electron chi connectivity index (χ3n) is 12.0. The molecule has 3 aliphatic rings. The average molecular weight is 647 g/mol. The van der Waals surface area contributed by atoms with Crippen molar-refractivity contribution in [3.05, 3.63) is 249 Å². The highest BCUT2D eigenvalue weighted by Gasteiger charge is 2.47. The molecule has 238 valence electrons. The molecule has 0 saturated carbocycles. The summed E-state index contributed by atoms with van der Waals surface area (Å²) < 4.78 is 0. The lowest BCUT2D eigenvalue weighted by Crippen LogP contribution is -2.38. The smallest absolute Gasteiger partial charge is 0.0622 e. The molecule has 0 bridgehead atoms. The molecule has 0 fully saturated rings. The molecule has 0 spiro atoms. The van der Waals surface area contributed by atoms with Crippen molar-refractivity contribution in [3.8, 4) is 11.1 Å². The molecular formula is C51H34. The van der Waals surface area contributed by atoms with Gasteiger partial charge >= 0.3 is 0 Å². The first-order valence-corrected chi connectivity index (χ1v) is 18.1. The Bertz CT molecular complexity index is 2750. The summed E-state index contributed by atoms with van der Waals surface area (Å²) in [5, 5.41) is 5.42. The highest BCUT2D eigenvalue weighted by Crippen LogP contribution is 2.59. The lowest BCUT2D eigenvalue weighted by Gasteiger charge is -2.35. The largest absolute Gasteiger partial charge is 0.0713 e. The van der Waals surface area contributed by atoms with Crippen LogP contribution in [0.2, 0.25) is 0 Å². The maximum Gasteiger partial charge on any atom is 0.0713 e. The molecule has 2 atom stereocenters. The zero-order chi connectivity index (χ0) is 33.5. The van der Waals surface area contributed by atoms with Crippen molar-refractivity contribution in [1.29, 1.82) is 0 Å². The van der Waals surface area contributed by atoms with Gasteiger partial charge in [0.2, 0.25) is 0 Å². The van der Waals surface area contributed by atoms with E-state index in [0.29, 0.717) is 0 Å². The summed E-state index contributed by atoms with van der Waals surface area (Å²) >= 11 is 0. The van der Waals surface area contributed by atoms with Crippen molar-refractivity contribution in [2.24, 2.45) is 0 Å². The monoisotopic (exact) mass is 646 g/mol. The van der Waals surface area contributed by atoms with Crippen LogP contribution >= 0.6 is 0 Å². The van der Waals surface area contributed by atoms with E-state index in [1.807, 2.05) is 0 Å². The fraction of sp³-hybridized carbons (Fsp3) is 0.0588. The van der Waals surface area contributed by atoms with Crippen molar-refractivity contribution in [1.82, 2.24) is 0 Å². The van der Waals surface area contributed by atoms with E-state index in [4.69, 9.17) is 0 Å². The molecule has 0 radical (unpaired) electrons. The normalized spacial score (nSPS) is 17.5. The zero-order valence-electron chi connectivity index (χ0n) is 28.1. The number of benzene rings is 8. The van der Waals surface area contributed by atoms with Crippen LogP contribution in [0.5, 0.6) is 0 Å². The van der Waals surface area contributed by atoms with E-state index < -0.39 is 5.41 Å². The molecule has 8 aromatic carbocycles. The van der Waals surface area contributed by atoms with Gasteiger partial charge in [-0.15, -0.1) is 0 Å². The fourth-order valence-electron chi connectivity index (χ4n) is 10.1. The number of fused-ring (bicyclic) bond motifs is 7. The second kappa shape index (κ2) is 10.9. The molecule has 0 aliphatic heterocycles. The molecule has 3 aliphatic carbocycles. The molecule has 11 rings (SSSR count). The Labute approximate surface area is 298 Å². The van der Waals surface area contributed by atoms with Crippen LogP contribution in [0, 0.1) is 0 Å². The Morgan fingerprint density at radius 2 is 0.863 bits per heavy atom. The van der Waals surface area contributed by atoms with Crippen molar-refractivity contribution < 1.29 is 0 Å². The molecule has 0 N–H and O–H groups in total. The number of hydrogen-bond donors (Lipinski definition) is 0. The summed E-state index contributed by atoms with van der Waals surface area (Å²) in [7, 11) is 0. The summed E-state index contributed by atoms with van der Waals surface area (Å²) in [6.07, 6.45) is 0. The Hall–Kier alpha value is -6.24. The molecule has 0 heteroatoms. The summed E-state index contributed by atoms with van der Waals surface area (Å²) in [6.45, 7) is 0. The van der Waals surface area contributed by atoms with E-state index in [1.165, 1.54) is 88.0 Å². The van der Waals surface area contributed by atoms with Gasteiger partial charge in [0, 0.05) is 11.8 Å². The summed E-state index contributed by atoms with van der Waals surface area (Å²) in [4.78, 5) is 0. The van der Waals surface area contributed by atoms with E-state index in [-0.39, 0.29) is 11.8 Å². The predicted octanol–water partition coefficient (Wildman–Crippen LogP) is 10.5. The first-order chi connectivity index (χ1) is 25.3. The molecule has 0 amide bonds. The van der Waals surface area contributed by atoms with Crippen LogP contribution in [0.4, 0.5) is 0 Å². The molecular weight excluding hydrogens is 613 g/mol. The van der Waals surface area contributed by atoms with Gasteiger partial charge in [-0.25, -0.2) is 0 Å². The van der Waals surface area contributed by atoms with E-state index in [9.17, 15) is 0 Å². The van der Waals surface area contributed by atoms with Gasteiger partial charge in [0.15, 0.2) is 0 Å². The number of hydrogen-bond acceptors (Lipinski definition) is 0. The second-order valence-electron chi connectivity index (χ2n) is 14.3. The lowest BCUT2D eigenvalue weighted by atomic mass is 9.66. The first kappa shape index (κ1) is 28.6. The zero-order valence-corrected chi connectivity index (χ0v) is 28.1. The van der Waals surface area contributed by atoms with Crippen LogP contribution in [-0.2, 0) is 5.41 Å². The standard InChI is InChI=1S/C51H34/c1-4-16-34(17-5-1)47-40-25-10-11-26-41(40)48(50-43-28-15-19-33-18-14-27-42(46(33)43)49(47)50)35-30-31-39-38-24-12-13-29-44(38)51(45(39)32-35,36-20-6-2-7-21-36)37-22-8-3-9-23-37/h1-32,49-50H. The minimum atomic E-state index is -0.446. The molecule has 0 aromatic heterocycles. The van der Waals surface area contributed by atoms with Gasteiger partial charge in [-0.05, 0) is 94.1 Å². The Morgan fingerprint density at radius 3 is 1.49 bits per heavy atom. The van der Waals surface area contributed by atoms with Crippen LogP contribution in [0.3, 0.4) is 0 Å². The maximum atomic E-state index is 2.56. The summed E-state index contributed by atoms with van der Waals surface area (Å²) in [5.74, 6) is 0.387. The van der Waals surface area contributed by atoms with E-state index in [0.717, 1.165) is 0 Å². The van der Waals surface area contributed by atoms with Crippen LogP contribution in [-0.4, -0.2) is 0 Å². The number of rotatable bonds is 4. The molecule has 0 saturated heterocycles.